The molecule has 0 saturated carbocycles. The zero-order chi connectivity index (χ0) is 22.8. The van der Waals surface area contributed by atoms with Crippen LogP contribution in [0.25, 0.3) is 16.7 Å². The first-order valence-corrected chi connectivity index (χ1v) is 11.3. The minimum atomic E-state index is -0.366. The van der Waals surface area contributed by atoms with Gasteiger partial charge in [0.1, 0.15) is 12.3 Å². The summed E-state index contributed by atoms with van der Waals surface area (Å²) in [4.78, 5) is 33.2. The van der Waals surface area contributed by atoms with Crippen LogP contribution < -0.4 is 20.6 Å². The van der Waals surface area contributed by atoms with Crippen LogP contribution in [0, 0.1) is 0 Å². The summed E-state index contributed by atoms with van der Waals surface area (Å²) in [6, 6.07) is 14.7. The van der Waals surface area contributed by atoms with Crippen molar-refractivity contribution >= 4 is 34.1 Å². The first-order chi connectivity index (χ1) is 16.2. The topological polar surface area (TPSA) is 93.8 Å². The molecule has 33 heavy (non-hydrogen) atoms. The average molecular weight is 447 g/mol. The molecule has 1 saturated heterocycles. The molecule has 5 rings (SSSR count). The Morgan fingerprint density at radius 3 is 2.64 bits per heavy atom. The number of ether oxygens (including phenoxy) is 1. The second-order valence-corrected chi connectivity index (χ2v) is 8.05. The molecule has 0 atom stereocenters. The number of amides is 1. The van der Waals surface area contributed by atoms with Gasteiger partial charge < -0.3 is 15.0 Å². The Morgan fingerprint density at radius 2 is 1.82 bits per heavy atom. The van der Waals surface area contributed by atoms with Crippen LogP contribution >= 0.6 is 0 Å². The molecule has 2 aromatic heterocycles. The molecule has 0 unspecified atom stereocenters. The third kappa shape index (κ3) is 4.02. The van der Waals surface area contributed by atoms with E-state index >= 15 is 0 Å². The number of para-hydroxylation sites is 4. The van der Waals surface area contributed by atoms with Gasteiger partial charge in [-0.25, -0.2) is 18.9 Å². The van der Waals surface area contributed by atoms with Crippen molar-refractivity contribution in [3.05, 3.63) is 59.0 Å². The lowest BCUT2D eigenvalue weighted by molar-refractivity contribution is -0.117. The third-order valence-corrected chi connectivity index (χ3v) is 5.80. The van der Waals surface area contributed by atoms with E-state index in [0.29, 0.717) is 35.0 Å². The summed E-state index contributed by atoms with van der Waals surface area (Å²) in [5, 5.41) is 7.38. The van der Waals surface area contributed by atoms with E-state index in [2.05, 4.69) is 15.3 Å². The molecule has 1 aliphatic heterocycles. The Balaban J connectivity index is 1.53. The monoisotopic (exact) mass is 446 g/mol. The second kappa shape index (κ2) is 8.93. The molecule has 1 fully saturated rings. The molecule has 9 heteroatoms. The van der Waals surface area contributed by atoms with Crippen LogP contribution in [0.4, 0.5) is 11.5 Å². The highest BCUT2D eigenvalue weighted by atomic mass is 16.5. The highest BCUT2D eigenvalue weighted by Gasteiger charge is 2.22. The van der Waals surface area contributed by atoms with Gasteiger partial charge >= 0.3 is 5.69 Å². The summed E-state index contributed by atoms with van der Waals surface area (Å²) in [5.41, 5.74) is 2.06. The summed E-state index contributed by atoms with van der Waals surface area (Å²) < 4.78 is 8.34. The zero-order valence-electron chi connectivity index (χ0n) is 18.5. The Kier molecular flexibility index (Phi) is 5.68. The van der Waals surface area contributed by atoms with E-state index in [9.17, 15) is 9.59 Å². The number of rotatable bonds is 6. The number of fused-ring (bicyclic) bond motifs is 3. The van der Waals surface area contributed by atoms with Gasteiger partial charge in [-0.1, -0.05) is 24.3 Å². The number of nitrogens with one attached hydrogen (secondary N) is 1. The van der Waals surface area contributed by atoms with Gasteiger partial charge in [0.25, 0.3) is 0 Å². The molecule has 0 bridgehead atoms. The van der Waals surface area contributed by atoms with Gasteiger partial charge in [0.2, 0.25) is 11.6 Å². The van der Waals surface area contributed by atoms with Crippen LogP contribution in [0.15, 0.2) is 53.3 Å². The van der Waals surface area contributed by atoms with Crippen molar-refractivity contribution in [2.75, 3.05) is 29.9 Å². The number of carbonyl (C=O) groups excluding carboxylic acids is 1. The maximum atomic E-state index is 13.3. The molecule has 0 aliphatic carbocycles. The first kappa shape index (κ1) is 21.0. The van der Waals surface area contributed by atoms with Gasteiger partial charge in [-0.3, -0.25) is 4.79 Å². The fourth-order valence-corrected chi connectivity index (χ4v) is 4.28. The normalized spacial score (nSPS) is 14.0. The Labute approximate surface area is 190 Å². The second-order valence-electron chi connectivity index (χ2n) is 8.05. The van der Waals surface area contributed by atoms with Crippen LogP contribution in [0.3, 0.4) is 0 Å². The van der Waals surface area contributed by atoms with Gasteiger partial charge in [-0.05, 0) is 50.5 Å². The van der Waals surface area contributed by atoms with Crippen molar-refractivity contribution < 1.29 is 9.53 Å². The lowest BCUT2D eigenvalue weighted by Gasteiger charge is -2.27. The summed E-state index contributed by atoms with van der Waals surface area (Å²) in [6.45, 7) is 3.90. The predicted octanol–water partition coefficient (Wildman–Crippen LogP) is 3.07. The van der Waals surface area contributed by atoms with Crippen molar-refractivity contribution in [1.29, 1.82) is 0 Å². The van der Waals surface area contributed by atoms with E-state index < -0.39 is 0 Å². The van der Waals surface area contributed by atoms with Gasteiger partial charge in [0, 0.05) is 13.1 Å². The highest BCUT2D eigenvalue weighted by Crippen LogP contribution is 2.26. The molecule has 1 aliphatic rings. The largest absolute Gasteiger partial charge is 0.492 e. The van der Waals surface area contributed by atoms with Gasteiger partial charge in [0.05, 0.1) is 23.3 Å². The smallest absolute Gasteiger partial charge is 0.351 e. The van der Waals surface area contributed by atoms with Gasteiger partial charge in [-0.15, -0.1) is 5.10 Å². The summed E-state index contributed by atoms with van der Waals surface area (Å²) in [7, 11) is 0. The number of hydrogen-bond acceptors (Lipinski definition) is 6. The van der Waals surface area contributed by atoms with Crippen LogP contribution in [-0.2, 0) is 11.3 Å². The summed E-state index contributed by atoms with van der Waals surface area (Å²) >= 11 is 0. The molecule has 0 spiro atoms. The van der Waals surface area contributed by atoms with Crippen molar-refractivity contribution in [1.82, 2.24) is 19.2 Å². The first-order valence-electron chi connectivity index (χ1n) is 11.3. The summed E-state index contributed by atoms with van der Waals surface area (Å²) in [5.74, 6) is 0.911. The minimum absolute atomic E-state index is 0.214. The lowest BCUT2D eigenvalue weighted by Crippen LogP contribution is -2.31. The van der Waals surface area contributed by atoms with E-state index in [1.54, 1.807) is 16.5 Å². The van der Waals surface area contributed by atoms with Crippen molar-refractivity contribution in [2.45, 2.75) is 32.7 Å². The number of piperidine rings is 1. The molecule has 2 aromatic carbocycles. The van der Waals surface area contributed by atoms with Gasteiger partial charge in [0.15, 0.2) is 5.82 Å². The van der Waals surface area contributed by atoms with Crippen LogP contribution in [0.5, 0.6) is 5.75 Å². The molecule has 0 radical (unpaired) electrons. The molecule has 4 aromatic rings. The SMILES string of the molecule is CCOc1ccccc1NC(=O)Cn1nc2c(N3CCCCC3)nc3ccccc3n2c1=O. The number of benzene rings is 2. The Bertz CT molecular complexity index is 1370. The van der Waals surface area contributed by atoms with E-state index in [4.69, 9.17) is 9.72 Å². The Morgan fingerprint density at radius 1 is 1.06 bits per heavy atom. The molecule has 170 valence electrons. The number of carbonyl (C=O) groups is 1. The van der Waals surface area contributed by atoms with Crippen molar-refractivity contribution in [2.24, 2.45) is 0 Å². The molecule has 3 heterocycles. The maximum Gasteiger partial charge on any atom is 0.351 e. The van der Waals surface area contributed by atoms with Crippen molar-refractivity contribution in [3.63, 3.8) is 0 Å². The number of nitrogens with zero attached hydrogens (tertiary/aromatic N) is 5. The lowest BCUT2D eigenvalue weighted by atomic mass is 10.1. The standard InChI is InChI=1S/C24H26N6O3/c1-2-33-20-13-7-5-11-18(20)25-21(31)16-29-24(32)30-19-12-6-4-10-17(19)26-22(23(30)27-29)28-14-8-3-9-15-28/h4-7,10-13H,2-3,8-9,14-16H2,1H3,(H,25,31). The minimum Gasteiger partial charge on any atom is -0.492 e. The van der Waals surface area contributed by atoms with E-state index in [-0.39, 0.29) is 18.1 Å². The van der Waals surface area contributed by atoms with Crippen LogP contribution in [-0.4, -0.2) is 44.8 Å². The molecule has 1 amide bonds. The number of anilines is 2. The number of aromatic nitrogens is 4. The zero-order valence-corrected chi connectivity index (χ0v) is 18.5. The molecular weight excluding hydrogens is 420 g/mol. The van der Waals surface area contributed by atoms with Gasteiger partial charge in [-0.2, -0.15) is 0 Å². The average Bonchev–Trinajstić information content (AvgIpc) is 3.16. The van der Waals surface area contributed by atoms with Crippen LogP contribution in [0.2, 0.25) is 0 Å². The quantitative estimate of drug-likeness (QED) is 0.489. The van der Waals surface area contributed by atoms with E-state index in [0.717, 1.165) is 31.4 Å². The van der Waals surface area contributed by atoms with E-state index in [1.807, 2.05) is 43.3 Å². The molecule has 9 nitrogen and oxygen atoms in total. The fraction of sp³-hybridized carbons (Fsp3) is 0.333. The Hall–Kier alpha value is -3.88. The maximum absolute atomic E-state index is 13.3. The number of hydrogen-bond donors (Lipinski definition) is 1. The predicted molar refractivity (Wildman–Crippen MR) is 127 cm³/mol. The van der Waals surface area contributed by atoms with Crippen molar-refractivity contribution in [3.8, 4) is 5.75 Å². The fourth-order valence-electron chi connectivity index (χ4n) is 4.28. The van der Waals surface area contributed by atoms with E-state index in [1.165, 1.54) is 11.1 Å². The third-order valence-electron chi connectivity index (χ3n) is 5.80. The van der Waals surface area contributed by atoms with Crippen LogP contribution in [0.1, 0.15) is 26.2 Å². The highest BCUT2D eigenvalue weighted by molar-refractivity contribution is 5.92. The molecular formula is C24H26N6O3. The summed E-state index contributed by atoms with van der Waals surface area (Å²) in [6.07, 6.45) is 3.34. The molecule has 1 N–H and O–H groups in total.